The lowest BCUT2D eigenvalue weighted by atomic mass is 9.88. The fraction of sp³-hybridized carbons (Fsp3) is 0.208. The summed E-state index contributed by atoms with van der Waals surface area (Å²) in [5.41, 5.74) is 3.81. The van der Waals surface area contributed by atoms with Crippen LogP contribution in [0.25, 0.3) is 0 Å². The number of benzene rings is 3. The lowest BCUT2D eigenvalue weighted by Crippen LogP contribution is -2.43. The molecule has 1 aliphatic heterocycles. The van der Waals surface area contributed by atoms with Crippen molar-refractivity contribution < 1.29 is 14.3 Å². The number of fused-ring (bicyclic) bond motifs is 1. The summed E-state index contributed by atoms with van der Waals surface area (Å²) in [6, 6.07) is 20.7. The number of ether oxygens (including phenoxy) is 2. The quantitative estimate of drug-likeness (QED) is 0.600. The van der Waals surface area contributed by atoms with Crippen molar-refractivity contribution in [3.8, 4) is 11.5 Å². The molecule has 0 fully saturated rings. The summed E-state index contributed by atoms with van der Waals surface area (Å²) in [5.74, 6) is 1.19. The van der Waals surface area contributed by atoms with Crippen molar-refractivity contribution in [3.63, 3.8) is 0 Å². The van der Waals surface area contributed by atoms with Crippen LogP contribution in [0.3, 0.4) is 0 Å². The third-order valence-electron chi connectivity index (χ3n) is 5.39. The van der Waals surface area contributed by atoms with E-state index in [0.29, 0.717) is 28.8 Å². The number of hydrogen-bond donors (Lipinski definition) is 1. The lowest BCUT2D eigenvalue weighted by Gasteiger charge is -2.38. The Hall–Kier alpha value is -3.18. The first kappa shape index (κ1) is 20.1. The first-order valence-corrected chi connectivity index (χ1v) is 10.1. The summed E-state index contributed by atoms with van der Waals surface area (Å²) >= 11 is 6.54. The van der Waals surface area contributed by atoms with Gasteiger partial charge in [-0.25, -0.2) is 4.79 Å². The molecule has 0 radical (unpaired) electrons. The Kier molecular flexibility index (Phi) is 5.81. The van der Waals surface area contributed by atoms with Crippen LogP contribution in [0, 0.1) is 0 Å². The van der Waals surface area contributed by atoms with Gasteiger partial charge in [0, 0.05) is 17.6 Å². The maximum atomic E-state index is 13.4. The molecule has 0 aromatic heterocycles. The van der Waals surface area contributed by atoms with E-state index in [0.717, 1.165) is 17.5 Å². The van der Waals surface area contributed by atoms with Crippen LogP contribution in [0.15, 0.2) is 66.7 Å². The number of amides is 2. The van der Waals surface area contributed by atoms with E-state index in [2.05, 4.69) is 17.4 Å². The molecule has 3 aromatic rings. The number of carbonyl (C=O) groups is 1. The molecule has 0 bridgehead atoms. The molecular weight excluding hydrogens is 400 g/mol. The Morgan fingerprint density at radius 1 is 1.00 bits per heavy atom. The number of rotatable bonds is 4. The highest BCUT2D eigenvalue weighted by Crippen LogP contribution is 2.39. The Morgan fingerprint density at radius 3 is 2.47 bits per heavy atom. The van der Waals surface area contributed by atoms with E-state index in [4.69, 9.17) is 21.1 Å². The summed E-state index contributed by atoms with van der Waals surface area (Å²) in [5, 5.41) is 3.63. The van der Waals surface area contributed by atoms with Gasteiger partial charge in [-0.3, -0.25) is 0 Å². The third-order valence-corrected chi connectivity index (χ3v) is 5.74. The van der Waals surface area contributed by atoms with Crippen molar-refractivity contribution in [1.29, 1.82) is 0 Å². The van der Waals surface area contributed by atoms with Crippen molar-refractivity contribution in [2.24, 2.45) is 0 Å². The zero-order valence-electron chi connectivity index (χ0n) is 16.9. The normalized spacial score (nSPS) is 15.3. The Balaban J connectivity index is 1.70. The topological polar surface area (TPSA) is 50.8 Å². The van der Waals surface area contributed by atoms with E-state index < -0.39 is 0 Å². The second kappa shape index (κ2) is 8.67. The zero-order chi connectivity index (χ0) is 21.1. The van der Waals surface area contributed by atoms with Gasteiger partial charge in [0.1, 0.15) is 11.5 Å². The third kappa shape index (κ3) is 3.81. The van der Waals surface area contributed by atoms with Crippen molar-refractivity contribution >= 4 is 23.3 Å². The van der Waals surface area contributed by atoms with Crippen molar-refractivity contribution in [2.45, 2.75) is 12.5 Å². The number of halogens is 1. The van der Waals surface area contributed by atoms with Crippen molar-refractivity contribution in [2.75, 3.05) is 26.1 Å². The summed E-state index contributed by atoms with van der Waals surface area (Å²) in [4.78, 5) is 15.2. The van der Waals surface area contributed by atoms with Crippen LogP contribution in [0.1, 0.15) is 22.7 Å². The number of anilines is 1. The minimum absolute atomic E-state index is 0.210. The maximum Gasteiger partial charge on any atom is 0.322 e. The monoisotopic (exact) mass is 422 g/mol. The van der Waals surface area contributed by atoms with Gasteiger partial charge in [-0.1, -0.05) is 54.1 Å². The van der Waals surface area contributed by atoms with Crippen LogP contribution in [-0.4, -0.2) is 31.7 Å². The molecule has 0 unspecified atom stereocenters. The Morgan fingerprint density at radius 2 is 1.73 bits per heavy atom. The second-order valence-electron chi connectivity index (χ2n) is 7.06. The first-order valence-electron chi connectivity index (χ1n) is 9.74. The molecule has 0 spiro atoms. The van der Waals surface area contributed by atoms with E-state index >= 15 is 0 Å². The molecule has 1 heterocycles. The predicted molar refractivity (Wildman–Crippen MR) is 119 cm³/mol. The summed E-state index contributed by atoms with van der Waals surface area (Å²) in [6.45, 7) is 0.581. The van der Waals surface area contributed by atoms with Crippen molar-refractivity contribution in [3.05, 3.63) is 88.4 Å². The van der Waals surface area contributed by atoms with Gasteiger partial charge in [0.25, 0.3) is 0 Å². The molecule has 1 atom stereocenters. The molecule has 30 heavy (non-hydrogen) atoms. The SMILES string of the molecule is COc1ccc(NC(=O)N2CCc3ccccc3[C@H]2c2ccccc2Cl)c(OC)c1. The number of urea groups is 1. The highest BCUT2D eigenvalue weighted by Gasteiger charge is 2.33. The van der Waals surface area contributed by atoms with E-state index in [-0.39, 0.29) is 12.1 Å². The van der Waals surface area contributed by atoms with Gasteiger partial charge in [-0.2, -0.15) is 0 Å². The smallest absolute Gasteiger partial charge is 0.322 e. The highest BCUT2D eigenvalue weighted by molar-refractivity contribution is 6.31. The molecule has 4 rings (SSSR count). The molecule has 6 heteroatoms. The minimum Gasteiger partial charge on any atom is -0.497 e. The van der Waals surface area contributed by atoms with E-state index in [1.165, 1.54) is 5.56 Å². The molecule has 1 aliphatic rings. The number of nitrogens with zero attached hydrogens (tertiary/aromatic N) is 1. The predicted octanol–water partition coefficient (Wildman–Crippen LogP) is 5.54. The molecule has 0 saturated carbocycles. The van der Waals surface area contributed by atoms with Crippen LogP contribution < -0.4 is 14.8 Å². The standard InChI is InChI=1S/C24H23ClN2O3/c1-29-17-11-12-21(22(15-17)30-2)26-24(28)27-14-13-16-7-3-4-8-18(16)23(27)19-9-5-6-10-20(19)25/h3-12,15,23H,13-14H2,1-2H3,(H,26,28)/t23-/m0/s1. The van der Waals surface area contributed by atoms with Gasteiger partial charge in [0.2, 0.25) is 0 Å². The molecule has 2 amide bonds. The van der Waals surface area contributed by atoms with Gasteiger partial charge in [-0.05, 0) is 41.3 Å². The van der Waals surface area contributed by atoms with Crippen LogP contribution in [0.2, 0.25) is 5.02 Å². The second-order valence-corrected chi connectivity index (χ2v) is 7.47. The molecule has 0 saturated heterocycles. The van der Waals surface area contributed by atoms with Crippen LogP contribution in [0.4, 0.5) is 10.5 Å². The van der Waals surface area contributed by atoms with Gasteiger partial charge < -0.3 is 19.7 Å². The maximum absolute atomic E-state index is 13.4. The van der Waals surface area contributed by atoms with E-state index in [1.807, 2.05) is 41.3 Å². The van der Waals surface area contributed by atoms with Crippen molar-refractivity contribution in [1.82, 2.24) is 4.90 Å². The fourth-order valence-electron chi connectivity index (χ4n) is 3.91. The highest BCUT2D eigenvalue weighted by atomic mass is 35.5. The number of hydrogen-bond acceptors (Lipinski definition) is 3. The lowest BCUT2D eigenvalue weighted by molar-refractivity contribution is 0.194. The minimum atomic E-state index is -0.270. The largest absolute Gasteiger partial charge is 0.497 e. The van der Waals surface area contributed by atoms with Gasteiger partial charge in [0.05, 0.1) is 25.9 Å². The number of nitrogens with one attached hydrogen (secondary N) is 1. The van der Waals surface area contributed by atoms with Crippen LogP contribution in [0.5, 0.6) is 11.5 Å². The number of methoxy groups -OCH3 is 2. The summed E-state index contributed by atoms with van der Waals surface area (Å²) in [6.07, 6.45) is 0.782. The van der Waals surface area contributed by atoms with Crippen LogP contribution in [-0.2, 0) is 6.42 Å². The molecule has 0 aliphatic carbocycles. The first-order chi connectivity index (χ1) is 14.6. The summed E-state index contributed by atoms with van der Waals surface area (Å²) < 4.78 is 10.7. The average molecular weight is 423 g/mol. The van der Waals surface area contributed by atoms with E-state index in [9.17, 15) is 4.79 Å². The molecular formula is C24H23ClN2O3. The average Bonchev–Trinajstić information content (AvgIpc) is 2.79. The fourth-order valence-corrected chi connectivity index (χ4v) is 4.15. The Bertz CT molecular complexity index is 1070. The summed E-state index contributed by atoms with van der Waals surface area (Å²) in [7, 11) is 3.15. The van der Waals surface area contributed by atoms with Gasteiger partial charge in [0.15, 0.2) is 0 Å². The van der Waals surface area contributed by atoms with Crippen LogP contribution >= 0.6 is 11.6 Å². The molecule has 1 N–H and O–H groups in total. The number of carbonyl (C=O) groups excluding carboxylic acids is 1. The van der Waals surface area contributed by atoms with Gasteiger partial charge in [-0.15, -0.1) is 0 Å². The van der Waals surface area contributed by atoms with Gasteiger partial charge >= 0.3 is 6.03 Å². The molecule has 3 aromatic carbocycles. The van der Waals surface area contributed by atoms with E-state index in [1.54, 1.807) is 32.4 Å². The molecule has 5 nitrogen and oxygen atoms in total. The zero-order valence-corrected chi connectivity index (χ0v) is 17.6. The Labute approximate surface area is 181 Å². The molecule has 154 valence electrons.